The molecular formula is C10H19NO. The van der Waals surface area contributed by atoms with E-state index in [2.05, 4.69) is 12.2 Å². The van der Waals surface area contributed by atoms with Gasteiger partial charge in [-0.2, -0.15) is 0 Å². The summed E-state index contributed by atoms with van der Waals surface area (Å²) in [5.74, 6) is 0. The van der Waals surface area contributed by atoms with E-state index in [1.165, 1.54) is 38.5 Å². The predicted molar refractivity (Wildman–Crippen MR) is 49.9 cm³/mol. The van der Waals surface area contributed by atoms with E-state index in [0.29, 0.717) is 0 Å². The smallest absolute Gasteiger partial charge is 0.207 e. The lowest BCUT2D eigenvalue weighted by atomic mass is 9.88. The minimum Gasteiger partial charge on any atom is -0.353 e. The summed E-state index contributed by atoms with van der Waals surface area (Å²) < 4.78 is 0. The van der Waals surface area contributed by atoms with Crippen LogP contribution in [0.5, 0.6) is 0 Å². The van der Waals surface area contributed by atoms with Gasteiger partial charge in [-0.25, -0.2) is 0 Å². The van der Waals surface area contributed by atoms with Crippen molar-refractivity contribution in [2.45, 2.75) is 57.4 Å². The molecule has 1 rings (SSSR count). The van der Waals surface area contributed by atoms with Gasteiger partial charge in [0.25, 0.3) is 0 Å². The van der Waals surface area contributed by atoms with E-state index in [-0.39, 0.29) is 5.54 Å². The van der Waals surface area contributed by atoms with Crippen LogP contribution < -0.4 is 5.32 Å². The number of nitrogens with one attached hydrogen (secondary N) is 1. The molecule has 1 fully saturated rings. The first-order valence-electron chi connectivity index (χ1n) is 5.04. The van der Waals surface area contributed by atoms with Gasteiger partial charge in [0.2, 0.25) is 6.41 Å². The monoisotopic (exact) mass is 169 g/mol. The average molecular weight is 169 g/mol. The predicted octanol–water partition coefficient (Wildman–Crippen LogP) is 2.24. The lowest BCUT2D eigenvalue weighted by molar-refractivity contribution is -0.111. The summed E-state index contributed by atoms with van der Waals surface area (Å²) in [5.41, 5.74) is 0.137. The molecule has 1 aliphatic rings. The van der Waals surface area contributed by atoms with Gasteiger partial charge in [-0.15, -0.1) is 0 Å². The highest BCUT2D eigenvalue weighted by molar-refractivity contribution is 5.47. The van der Waals surface area contributed by atoms with E-state index < -0.39 is 0 Å². The maximum atomic E-state index is 10.4. The fourth-order valence-corrected chi connectivity index (χ4v) is 2.13. The molecule has 1 amide bonds. The van der Waals surface area contributed by atoms with Gasteiger partial charge in [-0.05, 0) is 19.3 Å². The number of hydrogen-bond acceptors (Lipinski definition) is 1. The molecule has 70 valence electrons. The van der Waals surface area contributed by atoms with Gasteiger partial charge in [0.1, 0.15) is 0 Å². The Morgan fingerprint density at radius 2 is 1.83 bits per heavy atom. The van der Waals surface area contributed by atoms with Crippen molar-refractivity contribution in [1.29, 1.82) is 0 Å². The van der Waals surface area contributed by atoms with Crippen molar-refractivity contribution in [2.75, 3.05) is 0 Å². The Morgan fingerprint density at radius 1 is 1.25 bits per heavy atom. The van der Waals surface area contributed by atoms with Gasteiger partial charge < -0.3 is 5.32 Å². The fourth-order valence-electron chi connectivity index (χ4n) is 2.13. The third kappa shape index (κ3) is 2.23. The van der Waals surface area contributed by atoms with Gasteiger partial charge in [-0.3, -0.25) is 4.79 Å². The van der Waals surface area contributed by atoms with Crippen LogP contribution in [-0.2, 0) is 4.79 Å². The second-order valence-corrected chi connectivity index (χ2v) is 3.81. The van der Waals surface area contributed by atoms with Crippen LogP contribution in [-0.4, -0.2) is 11.9 Å². The number of amides is 1. The van der Waals surface area contributed by atoms with Crippen molar-refractivity contribution in [1.82, 2.24) is 5.32 Å². The van der Waals surface area contributed by atoms with Crippen LogP contribution in [0.4, 0.5) is 0 Å². The van der Waals surface area contributed by atoms with Crippen LogP contribution in [0.2, 0.25) is 0 Å². The van der Waals surface area contributed by atoms with E-state index in [1.807, 2.05) is 0 Å². The molecule has 12 heavy (non-hydrogen) atoms. The third-order valence-electron chi connectivity index (χ3n) is 3.10. The topological polar surface area (TPSA) is 29.1 Å². The van der Waals surface area contributed by atoms with Crippen LogP contribution in [0, 0.1) is 0 Å². The van der Waals surface area contributed by atoms with E-state index in [9.17, 15) is 4.79 Å². The van der Waals surface area contributed by atoms with Crippen molar-refractivity contribution < 1.29 is 4.79 Å². The van der Waals surface area contributed by atoms with Crippen LogP contribution >= 0.6 is 0 Å². The summed E-state index contributed by atoms with van der Waals surface area (Å²) in [6.07, 6.45) is 9.50. The minimum absolute atomic E-state index is 0.137. The zero-order valence-corrected chi connectivity index (χ0v) is 7.94. The number of carbonyl (C=O) groups excluding carboxylic acids is 1. The first-order chi connectivity index (χ1) is 5.83. The Balaban J connectivity index is 2.54. The molecular weight excluding hydrogens is 150 g/mol. The molecule has 1 aliphatic carbocycles. The highest BCUT2D eigenvalue weighted by Crippen LogP contribution is 2.29. The maximum absolute atomic E-state index is 10.4. The van der Waals surface area contributed by atoms with Gasteiger partial charge in [0.15, 0.2) is 0 Å². The number of hydrogen-bond donors (Lipinski definition) is 1. The lowest BCUT2D eigenvalue weighted by Crippen LogP contribution is -2.43. The van der Waals surface area contributed by atoms with Gasteiger partial charge in [0.05, 0.1) is 0 Å². The standard InChI is InChI=1S/C10H19NO/c1-2-10(11-9-12)7-5-3-4-6-8-10/h9H,2-8H2,1H3,(H,11,12). The van der Waals surface area contributed by atoms with Gasteiger partial charge in [-0.1, -0.05) is 32.6 Å². The van der Waals surface area contributed by atoms with E-state index >= 15 is 0 Å². The number of carbonyl (C=O) groups is 1. The molecule has 0 unspecified atom stereocenters. The third-order valence-corrected chi connectivity index (χ3v) is 3.10. The quantitative estimate of drug-likeness (QED) is 0.509. The van der Waals surface area contributed by atoms with Crippen molar-refractivity contribution >= 4 is 6.41 Å². The van der Waals surface area contributed by atoms with Crippen molar-refractivity contribution in [3.8, 4) is 0 Å². The van der Waals surface area contributed by atoms with Crippen LogP contribution in [0.3, 0.4) is 0 Å². The van der Waals surface area contributed by atoms with Crippen LogP contribution in [0.1, 0.15) is 51.9 Å². The molecule has 0 spiro atoms. The summed E-state index contributed by atoms with van der Waals surface area (Å²) in [5, 5.41) is 3.01. The Kier molecular flexibility index (Phi) is 3.57. The Hall–Kier alpha value is -0.530. The summed E-state index contributed by atoms with van der Waals surface area (Å²) >= 11 is 0. The molecule has 0 heterocycles. The normalized spacial score (nSPS) is 22.8. The molecule has 0 radical (unpaired) electrons. The largest absolute Gasteiger partial charge is 0.353 e. The molecule has 1 N–H and O–H groups in total. The zero-order chi connectivity index (χ0) is 8.86. The molecule has 1 saturated carbocycles. The van der Waals surface area contributed by atoms with Gasteiger partial charge in [0, 0.05) is 5.54 Å². The molecule has 0 atom stereocenters. The molecule has 0 aromatic carbocycles. The summed E-state index contributed by atoms with van der Waals surface area (Å²) in [4.78, 5) is 10.4. The molecule has 0 saturated heterocycles. The van der Waals surface area contributed by atoms with Crippen molar-refractivity contribution in [2.24, 2.45) is 0 Å². The van der Waals surface area contributed by atoms with Crippen LogP contribution in [0.15, 0.2) is 0 Å². The molecule has 0 aromatic rings. The first kappa shape index (κ1) is 9.56. The van der Waals surface area contributed by atoms with E-state index in [1.54, 1.807) is 0 Å². The van der Waals surface area contributed by atoms with Crippen molar-refractivity contribution in [3.05, 3.63) is 0 Å². The molecule has 2 heteroatoms. The number of rotatable bonds is 3. The molecule has 0 aliphatic heterocycles. The van der Waals surface area contributed by atoms with Gasteiger partial charge >= 0.3 is 0 Å². The van der Waals surface area contributed by atoms with Crippen molar-refractivity contribution in [3.63, 3.8) is 0 Å². The van der Waals surface area contributed by atoms with E-state index in [0.717, 1.165) is 12.8 Å². The fraction of sp³-hybridized carbons (Fsp3) is 0.900. The van der Waals surface area contributed by atoms with Crippen LogP contribution in [0.25, 0.3) is 0 Å². The Bertz CT molecular complexity index is 137. The Labute approximate surface area is 74.7 Å². The Morgan fingerprint density at radius 3 is 2.25 bits per heavy atom. The maximum Gasteiger partial charge on any atom is 0.207 e. The summed E-state index contributed by atoms with van der Waals surface area (Å²) in [6, 6.07) is 0. The zero-order valence-electron chi connectivity index (χ0n) is 7.94. The molecule has 0 aromatic heterocycles. The summed E-state index contributed by atoms with van der Waals surface area (Å²) in [6.45, 7) is 2.17. The highest BCUT2D eigenvalue weighted by atomic mass is 16.1. The first-order valence-corrected chi connectivity index (χ1v) is 5.04. The summed E-state index contributed by atoms with van der Waals surface area (Å²) in [7, 11) is 0. The van der Waals surface area contributed by atoms with E-state index in [4.69, 9.17) is 0 Å². The second kappa shape index (κ2) is 4.48. The minimum atomic E-state index is 0.137. The lowest BCUT2D eigenvalue weighted by Gasteiger charge is -2.30. The SMILES string of the molecule is CCC1(NC=O)CCCCCC1. The molecule has 0 bridgehead atoms. The second-order valence-electron chi connectivity index (χ2n) is 3.81. The average Bonchev–Trinajstić information content (AvgIpc) is 2.32. The molecule has 2 nitrogen and oxygen atoms in total. The highest BCUT2D eigenvalue weighted by Gasteiger charge is 2.27.